The molecule has 0 amide bonds. The second-order valence-electron chi connectivity index (χ2n) is 14.5. The van der Waals surface area contributed by atoms with Gasteiger partial charge in [-0.2, -0.15) is 0 Å². The van der Waals surface area contributed by atoms with E-state index in [0.29, 0.717) is 22.6 Å². The summed E-state index contributed by atoms with van der Waals surface area (Å²) in [6, 6.07) is 15.7. The van der Waals surface area contributed by atoms with Gasteiger partial charge < -0.3 is 61.6 Å². The smallest absolute Gasteiger partial charge is 0.333 e. The number of esters is 2. The normalized spacial score (nSPS) is 16.3. The number of carbonyl (C=O) groups is 2. The van der Waals surface area contributed by atoms with E-state index in [0.717, 1.165) is 11.1 Å². The van der Waals surface area contributed by atoms with Crippen molar-refractivity contribution in [2.24, 2.45) is 0 Å². The minimum Gasteiger partial charge on any atom is -0.465 e. The first-order chi connectivity index (χ1) is 28.2. The van der Waals surface area contributed by atoms with E-state index in [1.165, 1.54) is 0 Å². The lowest BCUT2D eigenvalue weighted by Crippen LogP contribution is -2.32. The molecule has 2 aromatic rings. The van der Waals surface area contributed by atoms with Crippen molar-refractivity contribution in [2.75, 3.05) is 26.4 Å². The van der Waals surface area contributed by atoms with E-state index in [1.54, 1.807) is 76.2 Å². The zero-order chi connectivity index (χ0) is 45.0. The van der Waals surface area contributed by atoms with E-state index >= 15 is 0 Å². The summed E-state index contributed by atoms with van der Waals surface area (Å²) in [5.41, 5.74) is 2.51. The Labute approximate surface area is 356 Å². The van der Waals surface area contributed by atoms with Gasteiger partial charge in [-0.3, -0.25) is 0 Å². The van der Waals surface area contributed by atoms with Crippen LogP contribution in [0, 0.1) is 0 Å². The molecule has 0 aliphatic rings. The molecule has 0 N–H and O–H groups in total. The predicted molar refractivity (Wildman–Crippen MR) is 222 cm³/mol. The van der Waals surface area contributed by atoms with Gasteiger partial charge in [0.15, 0.2) is 56.6 Å². The molecule has 0 heterocycles. The highest BCUT2D eigenvalue weighted by atomic mass is 16.8. The Hall–Kier alpha value is -3.90. The van der Waals surface area contributed by atoms with Crippen LogP contribution in [0.1, 0.15) is 101 Å². The fourth-order valence-electron chi connectivity index (χ4n) is 5.58. The Morgan fingerprint density at radius 1 is 0.450 bits per heavy atom. The number of ether oxygens (including phenoxy) is 13. The summed E-state index contributed by atoms with van der Waals surface area (Å²) >= 11 is 0. The van der Waals surface area contributed by atoms with Crippen molar-refractivity contribution >= 4 is 11.9 Å². The summed E-state index contributed by atoms with van der Waals surface area (Å²) < 4.78 is 73.5. The SMILES string of the molecule is C=C(C)C(=O)OCCOC(C)OC(C)OC(C)OC(C)Oc1ccc(C(C)(C)c2ccc(OC(C)OC(C)OC(C)OC(C)OC(C)OCCOC(=O)C(=C)C)cc2)cc1. The molecule has 2 rings (SSSR count). The zero-order valence-electron chi connectivity index (χ0n) is 37.7. The number of hydrogen-bond acceptors (Lipinski definition) is 15. The molecular weight excluding hydrogens is 780 g/mol. The molecule has 60 heavy (non-hydrogen) atoms. The van der Waals surface area contributed by atoms with Gasteiger partial charge in [-0.25, -0.2) is 9.59 Å². The monoisotopic (exact) mass is 848 g/mol. The maximum atomic E-state index is 11.5. The van der Waals surface area contributed by atoms with Crippen molar-refractivity contribution in [3.63, 3.8) is 0 Å². The summed E-state index contributed by atoms with van der Waals surface area (Å²) in [5.74, 6) is 0.350. The van der Waals surface area contributed by atoms with Gasteiger partial charge in [-0.05, 0) is 112 Å². The Morgan fingerprint density at radius 2 is 0.717 bits per heavy atom. The van der Waals surface area contributed by atoms with Gasteiger partial charge in [-0.1, -0.05) is 51.3 Å². The van der Waals surface area contributed by atoms with Gasteiger partial charge in [0.2, 0.25) is 0 Å². The highest BCUT2D eigenvalue weighted by Crippen LogP contribution is 2.34. The van der Waals surface area contributed by atoms with Crippen LogP contribution in [-0.4, -0.2) is 95.0 Å². The first-order valence-corrected chi connectivity index (χ1v) is 20.2. The number of rotatable bonds is 30. The number of carbonyl (C=O) groups excluding carboxylic acids is 2. The van der Waals surface area contributed by atoms with Crippen molar-refractivity contribution in [2.45, 2.75) is 152 Å². The number of benzene rings is 2. The molecule has 15 nitrogen and oxygen atoms in total. The Kier molecular flexibility index (Phi) is 23.0. The molecule has 9 atom stereocenters. The van der Waals surface area contributed by atoms with Crippen LogP contribution in [0.3, 0.4) is 0 Å². The molecule has 0 radical (unpaired) electrons. The second-order valence-corrected chi connectivity index (χ2v) is 14.5. The molecule has 0 aliphatic carbocycles. The standard InChI is InChI=1S/C45H68O15/c1-28(2)43(46)50-26-24-48-30(5)52-32(7)54-34(9)56-36(11)58-38(13)60-42-22-18-40(19-23-42)45(14,15)39-16-20-41(21-17-39)59-37(12)57-35(10)55-33(8)53-31(6)49-25-27-51-44(47)29(3)4/h16-23,30-38H,1,3,24-27H2,2,4-15H3. The molecule has 2 aromatic carbocycles. The molecular formula is C45H68O15. The van der Waals surface area contributed by atoms with Crippen molar-refractivity contribution in [1.82, 2.24) is 0 Å². The van der Waals surface area contributed by atoms with E-state index in [2.05, 4.69) is 27.0 Å². The second kappa shape index (κ2) is 26.4. The highest BCUT2D eigenvalue weighted by molar-refractivity contribution is 5.87. The minimum absolute atomic E-state index is 0.0873. The molecule has 15 heteroatoms. The average molecular weight is 849 g/mol. The highest BCUT2D eigenvalue weighted by Gasteiger charge is 2.24. The van der Waals surface area contributed by atoms with E-state index in [4.69, 9.17) is 61.6 Å². The number of hydrogen-bond donors (Lipinski definition) is 0. The summed E-state index contributed by atoms with van der Waals surface area (Å²) in [6.45, 7) is 30.7. The van der Waals surface area contributed by atoms with Crippen molar-refractivity contribution in [1.29, 1.82) is 0 Å². The van der Waals surface area contributed by atoms with E-state index in [-0.39, 0.29) is 31.8 Å². The van der Waals surface area contributed by atoms with Crippen LogP contribution in [-0.2, 0) is 67.1 Å². The molecule has 0 aromatic heterocycles. The first kappa shape index (κ1) is 52.2. The summed E-state index contributed by atoms with van der Waals surface area (Å²) in [5, 5.41) is 0. The van der Waals surface area contributed by atoms with Crippen molar-refractivity contribution < 1.29 is 71.2 Å². The molecule has 0 aliphatic heterocycles. The molecule has 0 fully saturated rings. The molecule has 0 saturated heterocycles. The maximum absolute atomic E-state index is 11.5. The quantitative estimate of drug-likeness (QED) is 0.0320. The zero-order valence-corrected chi connectivity index (χ0v) is 37.7. The molecule has 338 valence electrons. The van der Waals surface area contributed by atoms with Gasteiger partial charge in [0.05, 0.1) is 13.2 Å². The third kappa shape index (κ3) is 20.6. The topological polar surface area (TPSA) is 154 Å². The summed E-state index contributed by atoms with van der Waals surface area (Å²) in [7, 11) is 0. The van der Waals surface area contributed by atoms with Gasteiger partial charge in [0, 0.05) is 16.6 Å². The van der Waals surface area contributed by atoms with Crippen LogP contribution in [0.2, 0.25) is 0 Å². The molecule has 0 saturated carbocycles. The van der Waals surface area contributed by atoms with Crippen molar-refractivity contribution in [3.05, 3.63) is 84.0 Å². The molecule has 0 spiro atoms. The first-order valence-electron chi connectivity index (χ1n) is 20.2. The lowest BCUT2D eigenvalue weighted by molar-refractivity contribution is -0.317. The van der Waals surface area contributed by atoms with E-state index in [1.807, 2.05) is 48.5 Å². The Balaban J connectivity index is 1.75. The maximum Gasteiger partial charge on any atom is 0.333 e. The third-order valence-electron chi connectivity index (χ3n) is 8.47. The van der Waals surface area contributed by atoms with Crippen LogP contribution in [0.5, 0.6) is 11.5 Å². The average Bonchev–Trinajstić information content (AvgIpc) is 3.14. The van der Waals surface area contributed by atoms with Gasteiger partial charge in [0.1, 0.15) is 24.7 Å². The van der Waals surface area contributed by atoms with Crippen molar-refractivity contribution in [3.8, 4) is 11.5 Å². The Bertz CT molecular complexity index is 1580. The summed E-state index contributed by atoms with van der Waals surface area (Å²) in [6.07, 6.45) is -5.62. The van der Waals surface area contributed by atoms with Crippen LogP contribution < -0.4 is 9.47 Å². The van der Waals surface area contributed by atoms with E-state index in [9.17, 15) is 9.59 Å². The minimum atomic E-state index is -0.653. The lowest BCUT2D eigenvalue weighted by Gasteiger charge is -2.28. The molecule has 9 unspecified atom stereocenters. The molecule has 0 bridgehead atoms. The van der Waals surface area contributed by atoms with Gasteiger partial charge >= 0.3 is 11.9 Å². The fraction of sp³-hybridized carbons (Fsp3) is 0.600. The predicted octanol–water partition coefficient (Wildman–Crippen LogP) is 8.27. The van der Waals surface area contributed by atoms with E-state index < -0.39 is 68.5 Å². The van der Waals surface area contributed by atoms with Crippen LogP contribution in [0.15, 0.2) is 72.8 Å². The largest absolute Gasteiger partial charge is 0.465 e. The fourth-order valence-corrected chi connectivity index (χ4v) is 5.58. The van der Waals surface area contributed by atoms with Crippen LogP contribution in [0.25, 0.3) is 0 Å². The Morgan fingerprint density at radius 3 is 1.00 bits per heavy atom. The van der Waals surface area contributed by atoms with Crippen LogP contribution >= 0.6 is 0 Å². The van der Waals surface area contributed by atoms with Gasteiger partial charge in [0.25, 0.3) is 0 Å². The van der Waals surface area contributed by atoms with Crippen LogP contribution in [0.4, 0.5) is 0 Å². The lowest BCUT2D eigenvalue weighted by atomic mass is 9.78. The van der Waals surface area contributed by atoms with Gasteiger partial charge in [-0.15, -0.1) is 0 Å². The third-order valence-corrected chi connectivity index (χ3v) is 8.47. The summed E-state index contributed by atoms with van der Waals surface area (Å²) in [4.78, 5) is 22.9.